The maximum atomic E-state index is 12.5. The summed E-state index contributed by atoms with van der Waals surface area (Å²) >= 11 is 3.51. The summed E-state index contributed by atoms with van der Waals surface area (Å²) in [5.74, 6) is -0.110. The highest BCUT2D eigenvalue weighted by Crippen LogP contribution is 2.19. The lowest BCUT2D eigenvalue weighted by Gasteiger charge is -2.22. The molecule has 0 saturated carbocycles. The molecule has 1 aromatic heterocycles. The maximum absolute atomic E-state index is 12.5. The van der Waals surface area contributed by atoms with Gasteiger partial charge in [0.2, 0.25) is 0 Å². The van der Waals surface area contributed by atoms with E-state index in [0.29, 0.717) is 18.3 Å². The maximum Gasteiger partial charge on any atom is 0.276 e. The molecule has 6 nitrogen and oxygen atoms in total. The molecule has 1 aliphatic heterocycles. The topological polar surface area (TPSA) is 63.1 Å². The van der Waals surface area contributed by atoms with E-state index in [1.54, 1.807) is 18.1 Å². The minimum absolute atomic E-state index is 0.110. The number of rotatable bonds is 4. The Bertz CT molecular complexity index is 681. The van der Waals surface area contributed by atoms with Crippen LogP contribution in [0.1, 0.15) is 34.9 Å². The minimum Gasteiger partial charge on any atom is -0.336 e. The van der Waals surface area contributed by atoms with Gasteiger partial charge < -0.3 is 10.2 Å². The molecular formula is C16H20BrN5O. The highest BCUT2D eigenvalue weighted by Gasteiger charge is 2.21. The Morgan fingerprint density at radius 2 is 2.13 bits per heavy atom. The average Bonchev–Trinajstić information content (AvgIpc) is 3.07. The smallest absolute Gasteiger partial charge is 0.276 e. The molecular weight excluding hydrogens is 358 g/mol. The van der Waals surface area contributed by atoms with Crippen molar-refractivity contribution < 1.29 is 4.79 Å². The monoisotopic (exact) mass is 377 g/mol. The van der Waals surface area contributed by atoms with E-state index in [9.17, 15) is 4.79 Å². The van der Waals surface area contributed by atoms with Gasteiger partial charge >= 0.3 is 0 Å². The molecule has 0 radical (unpaired) electrons. The second-order valence-electron chi connectivity index (χ2n) is 5.82. The van der Waals surface area contributed by atoms with Gasteiger partial charge in [0.25, 0.3) is 5.91 Å². The Hall–Kier alpha value is -1.73. The molecule has 1 amide bonds. The molecule has 1 saturated heterocycles. The van der Waals surface area contributed by atoms with Crippen LogP contribution in [0.2, 0.25) is 0 Å². The van der Waals surface area contributed by atoms with Crippen molar-refractivity contribution in [2.24, 2.45) is 0 Å². The van der Waals surface area contributed by atoms with Crippen molar-refractivity contribution >= 4 is 21.8 Å². The van der Waals surface area contributed by atoms with Crippen LogP contribution < -0.4 is 5.32 Å². The van der Waals surface area contributed by atoms with Gasteiger partial charge in [-0.1, -0.05) is 39.3 Å². The van der Waals surface area contributed by atoms with Crippen molar-refractivity contribution in [2.75, 3.05) is 20.1 Å². The van der Waals surface area contributed by atoms with Crippen LogP contribution in [0, 0.1) is 0 Å². The summed E-state index contributed by atoms with van der Waals surface area (Å²) in [5, 5.41) is 11.5. The summed E-state index contributed by atoms with van der Waals surface area (Å²) in [5.41, 5.74) is 1.46. The molecule has 23 heavy (non-hydrogen) atoms. The van der Waals surface area contributed by atoms with Gasteiger partial charge in [-0.15, -0.1) is 5.10 Å². The molecule has 0 aliphatic carbocycles. The summed E-state index contributed by atoms with van der Waals surface area (Å²) in [6.45, 7) is 2.49. The predicted octanol–water partition coefficient (Wildman–Crippen LogP) is 2.24. The fourth-order valence-electron chi connectivity index (χ4n) is 2.77. The Morgan fingerprint density at radius 3 is 2.87 bits per heavy atom. The van der Waals surface area contributed by atoms with E-state index in [1.807, 2.05) is 28.9 Å². The van der Waals surface area contributed by atoms with Gasteiger partial charge in [0.1, 0.15) is 0 Å². The third-order valence-corrected chi connectivity index (χ3v) is 4.90. The first kappa shape index (κ1) is 16.1. The van der Waals surface area contributed by atoms with Crippen LogP contribution in [0.4, 0.5) is 0 Å². The standard InChI is InChI=1S/C16H20BrN5O/c1-21(10-12-4-2-3-5-14(12)17)16(23)15-11-22(20-19-15)13-6-8-18-9-7-13/h2-5,11,13,18H,6-10H2,1H3. The highest BCUT2D eigenvalue weighted by atomic mass is 79.9. The number of halogens is 1. The van der Waals surface area contributed by atoms with E-state index in [4.69, 9.17) is 0 Å². The molecule has 2 heterocycles. The molecule has 0 atom stereocenters. The average molecular weight is 378 g/mol. The van der Waals surface area contributed by atoms with Gasteiger partial charge in [0.15, 0.2) is 5.69 Å². The van der Waals surface area contributed by atoms with Crippen LogP contribution in [-0.2, 0) is 6.54 Å². The molecule has 1 fully saturated rings. The number of hydrogen-bond acceptors (Lipinski definition) is 4. The number of benzene rings is 1. The number of hydrogen-bond donors (Lipinski definition) is 1. The zero-order valence-electron chi connectivity index (χ0n) is 13.1. The molecule has 1 N–H and O–H groups in total. The largest absolute Gasteiger partial charge is 0.336 e. The molecule has 0 bridgehead atoms. The first-order valence-corrected chi connectivity index (χ1v) is 8.56. The Kier molecular flexibility index (Phi) is 5.07. The molecule has 2 aromatic rings. The lowest BCUT2D eigenvalue weighted by atomic mass is 10.1. The highest BCUT2D eigenvalue weighted by molar-refractivity contribution is 9.10. The van der Waals surface area contributed by atoms with Crippen LogP contribution in [0.3, 0.4) is 0 Å². The second-order valence-corrected chi connectivity index (χ2v) is 6.67. The lowest BCUT2D eigenvalue weighted by Crippen LogP contribution is -2.29. The Labute approximate surface area is 144 Å². The number of nitrogens with zero attached hydrogens (tertiary/aromatic N) is 4. The Morgan fingerprint density at radius 1 is 1.39 bits per heavy atom. The fourth-order valence-corrected chi connectivity index (χ4v) is 3.18. The van der Waals surface area contributed by atoms with Crippen LogP contribution in [-0.4, -0.2) is 45.9 Å². The SMILES string of the molecule is CN(Cc1ccccc1Br)C(=O)c1cn(C2CCNCC2)nn1. The number of amides is 1. The van der Waals surface area contributed by atoms with E-state index in [1.165, 1.54) is 0 Å². The molecule has 122 valence electrons. The van der Waals surface area contributed by atoms with Crippen LogP contribution >= 0.6 is 15.9 Å². The number of nitrogens with one attached hydrogen (secondary N) is 1. The summed E-state index contributed by atoms with van der Waals surface area (Å²) in [6, 6.07) is 8.23. The summed E-state index contributed by atoms with van der Waals surface area (Å²) < 4.78 is 2.83. The lowest BCUT2D eigenvalue weighted by molar-refractivity contribution is 0.0779. The van der Waals surface area contributed by atoms with Crippen LogP contribution in [0.25, 0.3) is 0 Å². The van der Waals surface area contributed by atoms with Gasteiger partial charge in [0, 0.05) is 18.1 Å². The molecule has 7 heteroatoms. The van der Waals surface area contributed by atoms with E-state index in [-0.39, 0.29) is 5.91 Å². The predicted molar refractivity (Wildman–Crippen MR) is 91.1 cm³/mol. The van der Waals surface area contributed by atoms with Crippen molar-refractivity contribution in [1.29, 1.82) is 0 Å². The number of carbonyl (C=O) groups is 1. The normalized spacial score (nSPS) is 15.6. The van der Waals surface area contributed by atoms with Crippen molar-refractivity contribution in [2.45, 2.75) is 25.4 Å². The zero-order chi connectivity index (χ0) is 16.2. The molecule has 3 rings (SSSR count). The van der Waals surface area contributed by atoms with Gasteiger partial charge in [-0.05, 0) is 37.6 Å². The van der Waals surface area contributed by atoms with Crippen molar-refractivity contribution in [1.82, 2.24) is 25.2 Å². The van der Waals surface area contributed by atoms with Crippen molar-refractivity contribution in [3.63, 3.8) is 0 Å². The first-order chi connectivity index (χ1) is 11.1. The number of aromatic nitrogens is 3. The number of piperidine rings is 1. The van der Waals surface area contributed by atoms with E-state index in [2.05, 4.69) is 31.6 Å². The van der Waals surface area contributed by atoms with Gasteiger partial charge in [-0.3, -0.25) is 4.79 Å². The third-order valence-electron chi connectivity index (χ3n) is 4.12. The van der Waals surface area contributed by atoms with Gasteiger partial charge in [-0.25, -0.2) is 4.68 Å². The van der Waals surface area contributed by atoms with Gasteiger partial charge in [-0.2, -0.15) is 0 Å². The van der Waals surface area contributed by atoms with Crippen LogP contribution in [0.15, 0.2) is 34.9 Å². The third kappa shape index (κ3) is 3.79. The quantitative estimate of drug-likeness (QED) is 0.887. The molecule has 1 aliphatic rings. The van der Waals surface area contributed by atoms with Crippen molar-refractivity contribution in [3.8, 4) is 0 Å². The van der Waals surface area contributed by atoms with E-state index in [0.717, 1.165) is 36.0 Å². The Balaban J connectivity index is 1.68. The summed E-state index contributed by atoms with van der Waals surface area (Å²) in [7, 11) is 1.78. The molecule has 0 spiro atoms. The second kappa shape index (κ2) is 7.23. The van der Waals surface area contributed by atoms with Crippen molar-refractivity contribution in [3.05, 3.63) is 46.2 Å². The summed E-state index contributed by atoms with van der Waals surface area (Å²) in [4.78, 5) is 14.2. The summed E-state index contributed by atoms with van der Waals surface area (Å²) in [6.07, 6.45) is 3.81. The molecule has 0 unspecified atom stereocenters. The zero-order valence-corrected chi connectivity index (χ0v) is 14.7. The van der Waals surface area contributed by atoms with E-state index >= 15 is 0 Å². The van der Waals surface area contributed by atoms with Gasteiger partial charge in [0.05, 0.1) is 12.2 Å². The van der Waals surface area contributed by atoms with Crippen LogP contribution in [0.5, 0.6) is 0 Å². The first-order valence-electron chi connectivity index (χ1n) is 7.76. The molecule has 1 aromatic carbocycles. The van der Waals surface area contributed by atoms with E-state index < -0.39 is 0 Å². The minimum atomic E-state index is -0.110. The number of carbonyl (C=O) groups excluding carboxylic acids is 1. The fraction of sp³-hybridized carbons (Fsp3) is 0.438.